The highest BCUT2D eigenvalue weighted by atomic mass is 32.2. The summed E-state index contributed by atoms with van der Waals surface area (Å²) in [7, 11) is -4.35. The minimum atomic E-state index is -4.35. The molecular formula is C14H11F3N2O3S. The van der Waals surface area contributed by atoms with Gasteiger partial charge in [0.15, 0.2) is 0 Å². The van der Waals surface area contributed by atoms with Crippen LogP contribution in [0.1, 0.15) is 6.92 Å². The van der Waals surface area contributed by atoms with E-state index < -0.39 is 38.3 Å². The van der Waals surface area contributed by atoms with Crippen molar-refractivity contribution < 1.29 is 26.4 Å². The van der Waals surface area contributed by atoms with Crippen molar-refractivity contribution in [1.29, 1.82) is 0 Å². The van der Waals surface area contributed by atoms with Crippen LogP contribution in [0.5, 0.6) is 0 Å². The van der Waals surface area contributed by atoms with Crippen LogP contribution < -0.4 is 10.0 Å². The first-order valence-electron chi connectivity index (χ1n) is 6.24. The standard InChI is InChI=1S/C14H11F3N2O3S/c1-8(20)18-13-7-10(3-4-11(13)16)19-23(21,22)14-5-2-9(15)6-12(14)17/h2-7,19H,1H3,(H,18,20). The van der Waals surface area contributed by atoms with E-state index in [2.05, 4.69) is 5.32 Å². The predicted octanol–water partition coefficient (Wildman–Crippen LogP) is 2.86. The molecule has 2 rings (SSSR count). The third-order valence-corrected chi connectivity index (χ3v) is 4.13. The molecule has 0 heterocycles. The van der Waals surface area contributed by atoms with Gasteiger partial charge in [-0.2, -0.15) is 0 Å². The number of carbonyl (C=O) groups excluding carboxylic acids is 1. The second-order valence-electron chi connectivity index (χ2n) is 4.56. The molecule has 5 nitrogen and oxygen atoms in total. The summed E-state index contributed by atoms with van der Waals surface area (Å²) in [4.78, 5) is 10.2. The number of benzene rings is 2. The van der Waals surface area contributed by atoms with Gasteiger partial charge in [-0.05, 0) is 30.3 Å². The van der Waals surface area contributed by atoms with Crippen LogP contribution in [0, 0.1) is 17.5 Å². The fraction of sp³-hybridized carbons (Fsp3) is 0.0714. The minimum Gasteiger partial charge on any atom is -0.324 e. The molecule has 0 atom stereocenters. The number of halogens is 3. The van der Waals surface area contributed by atoms with Gasteiger partial charge in [-0.1, -0.05) is 0 Å². The smallest absolute Gasteiger partial charge is 0.264 e. The largest absolute Gasteiger partial charge is 0.324 e. The summed E-state index contributed by atoms with van der Waals surface area (Å²) in [6.07, 6.45) is 0. The lowest BCUT2D eigenvalue weighted by atomic mass is 10.2. The Morgan fingerprint density at radius 2 is 1.70 bits per heavy atom. The van der Waals surface area contributed by atoms with E-state index in [1.807, 2.05) is 4.72 Å². The Hall–Kier alpha value is -2.55. The maximum atomic E-state index is 13.6. The average molecular weight is 344 g/mol. The van der Waals surface area contributed by atoms with Gasteiger partial charge in [0.25, 0.3) is 10.0 Å². The van der Waals surface area contributed by atoms with Gasteiger partial charge in [-0.25, -0.2) is 21.6 Å². The topological polar surface area (TPSA) is 75.3 Å². The third kappa shape index (κ3) is 4.01. The molecule has 2 aromatic carbocycles. The first kappa shape index (κ1) is 16.8. The maximum absolute atomic E-state index is 13.6. The number of hydrogen-bond acceptors (Lipinski definition) is 3. The quantitative estimate of drug-likeness (QED) is 0.895. The Balaban J connectivity index is 2.35. The molecule has 122 valence electrons. The first-order chi connectivity index (χ1) is 10.7. The Morgan fingerprint density at radius 1 is 1.00 bits per heavy atom. The zero-order valence-electron chi connectivity index (χ0n) is 11.7. The van der Waals surface area contributed by atoms with Gasteiger partial charge >= 0.3 is 0 Å². The number of amides is 1. The van der Waals surface area contributed by atoms with E-state index in [1.54, 1.807) is 0 Å². The molecule has 0 bridgehead atoms. The van der Waals surface area contributed by atoms with Gasteiger partial charge in [-0.15, -0.1) is 0 Å². The molecule has 2 N–H and O–H groups in total. The summed E-state index contributed by atoms with van der Waals surface area (Å²) in [5, 5.41) is 2.19. The molecule has 0 saturated heterocycles. The normalized spacial score (nSPS) is 11.1. The van der Waals surface area contributed by atoms with Crippen LogP contribution in [-0.4, -0.2) is 14.3 Å². The number of hydrogen-bond donors (Lipinski definition) is 2. The van der Waals surface area contributed by atoms with Crippen LogP contribution in [-0.2, 0) is 14.8 Å². The van der Waals surface area contributed by atoms with E-state index >= 15 is 0 Å². The van der Waals surface area contributed by atoms with Gasteiger partial charge in [0.2, 0.25) is 5.91 Å². The van der Waals surface area contributed by atoms with Gasteiger partial charge in [0.1, 0.15) is 22.3 Å². The highest BCUT2D eigenvalue weighted by Crippen LogP contribution is 2.23. The van der Waals surface area contributed by atoms with Crippen LogP contribution in [0.2, 0.25) is 0 Å². The summed E-state index contributed by atoms with van der Waals surface area (Å²) in [6, 6.07) is 5.07. The average Bonchev–Trinajstić information content (AvgIpc) is 2.41. The summed E-state index contributed by atoms with van der Waals surface area (Å²) in [5.41, 5.74) is -0.337. The molecule has 9 heteroatoms. The number of sulfonamides is 1. The predicted molar refractivity (Wildman–Crippen MR) is 77.9 cm³/mol. The van der Waals surface area contributed by atoms with E-state index in [4.69, 9.17) is 0 Å². The fourth-order valence-corrected chi connectivity index (χ4v) is 2.89. The van der Waals surface area contributed by atoms with Crippen molar-refractivity contribution in [1.82, 2.24) is 0 Å². The molecule has 1 amide bonds. The fourth-order valence-electron chi connectivity index (χ4n) is 1.78. The summed E-state index contributed by atoms with van der Waals surface area (Å²) < 4.78 is 66.2. The Bertz CT molecular complexity index is 870. The van der Waals surface area contributed by atoms with Gasteiger partial charge < -0.3 is 5.32 Å². The highest BCUT2D eigenvalue weighted by molar-refractivity contribution is 7.92. The second kappa shape index (κ2) is 6.29. The molecule has 0 radical (unpaired) electrons. The molecule has 2 aromatic rings. The molecule has 0 aliphatic rings. The molecule has 0 aliphatic heterocycles. The Labute approximate surface area is 130 Å². The van der Waals surface area contributed by atoms with Crippen molar-refractivity contribution >= 4 is 27.3 Å². The van der Waals surface area contributed by atoms with Crippen LogP contribution in [0.3, 0.4) is 0 Å². The molecule has 0 aromatic heterocycles. The van der Waals surface area contributed by atoms with Crippen LogP contribution in [0.4, 0.5) is 24.5 Å². The monoisotopic (exact) mass is 344 g/mol. The van der Waals surface area contributed by atoms with Crippen molar-refractivity contribution in [2.24, 2.45) is 0 Å². The Morgan fingerprint density at radius 3 is 2.30 bits per heavy atom. The molecule has 0 fully saturated rings. The number of anilines is 2. The van der Waals surface area contributed by atoms with Crippen LogP contribution in [0.25, 0.3) is 0 Å². The van der Waals surface area contributed by atoms with Crippen LogP contribution >= 0.6 is 0 Å². The number of rotatable bonds is 4. The van der Waals surface area contributed by atoms with E-state index in [-0.39, 0.29) is 11.4 Å². The van der Waals surface area contributed by atoms with E-state index in [0.717, 1.165) is 37.3 Å². The second-order valence-corrected chi connectivity index (χ2v) is 6.21. The lowest BCUT2D eigenvalue weighted by Gasteiger charge is -2.11. The zero-order valence-corrected chi connectivity index (χ0v) is 12.5. The van der Waals surface area contributed by atoms with E-state index in [1.165, 1.54) is 0 Å². The minimum absolute atomic E-state index is 0.0983. The van der Waals surface area contributed by atoms with E-state index in [9.17, 15) is 26.4 Å². The lowest BCUT2D eigenvalue weighted by Crippen LogP contribution is -2.15. The number of nitrogens with one attached hydrogen (secondary N) is 2. The molecule has 0 spiro atoms. The highest BCUT2D eigenvalue weighted by Gasteiger charge is 2.20. The van der Waals surface area contributed by atoms with Crippen molar-refractivity contribution in [2.75, 3.05) is 10.0 Å². The SMILES string of the molecule is CC(=O)Nc1cc(NS(=O)(=O)c2ccc(F)cc2F)ccc1F. The molecular weight excluding hydrogens is 333 g/mol. The third-order valence-electron chi connectivity index (χ3n) is 2.71. The summed E-state index contributed by atoms with van der Waals surface area (Å²) in [6.45, 7) is 1.16. The molecule has 0 unspecified atom stereocenters. The van der Waals surface area contributed by atoms with Crippen molar-refractivity contribution in [2.45, 2.75) is 11.8 Å². The van der Waals surface area contributed by atoms with Gasteiger partial charge in [-0.3, -0.25) is 9.52 Å². The zero-order chi connectivity index (χ0) is 17.2. The van der Waals surface area contributed by atoms with Gasteiger partial charge in [0.05, 0.1) is 11.4 Å². The first-order valence-corrected chi connectivity index (χ1v) is 7.72. The molecule has 0 saturated carbocycles. The Kier molecular flexibility index (Phi) is 4.60. The van der Waals surface area contributed by atoms with Gasteiger partial charge in [0, 0.05) is 13.0 Å². The molecule has 0 aliphatic carbocycles. The summed E-state index contributed by atoms with van der Waals surface area (Å²) in [5.74, 6) is -3.50. The number of carbonyl (C=O) groups is 1. The van der Waals surface area contributed by atoms with E-state index in [0.29, 0.717) is 6.07 Å². The lowest BCUT2D eigenvalue weighted by molar-refractivity contribution is -0.114. The summed E-state index contributed by atoms with van der Waals surface area (Å²) >= 11 is 0. The van der Waals surface area contributed by atoms with Crippen molar-refractivity contribution in [3.05, 3.63) is 53.8 Å². The van der Waals surface area contributed by atoms with Crippen molar-refractivity contribution in [3.8, 4) is 0 Å². The van der Waals surface area contributed by atoms with Crippen molar-refractivity contribution in [3.63, 3.8) is 0 Å². The maximum Gasteiger partial charge on any atom is 0.264 e. The van der Waals surface area contributed by atoms with Crippen LogP contribution in [0.15, 0.2) is 41.3 Å². The molecule has 23 heavy (non-hydrogen) atoms.